The maximum atomic E-state index is 13.0. The summed E-state index contributed by atoms with van der Waals surface area (Å²) in [7, 11) is 0. The zero-order chi connectivity index (χ0) is 23.8. The van der Waals surface area contributed by atoms with E-state index in [0.29, 0.717) is 31.2 Å². The molecule has 1 aromatic heterocycles. The van der Waals surface area contributed by atoms with Crippen LogP contribution < -0.4 is 0 Å². The van der Waals surface area contributed by atoms with E-state index in [-0.39, 0.29) is 12.5 Å². The lowest BCUT2D eigenvalue weighted by molar-refractivity contribution is -0.139. The first kappa shape index (κ1) is 22.4. The van der Waals surface area contributed by atoms with Gasteiger partial charge in [-0.05, 0) is 54.8 Å². The van der Waals surface area contributed by atoms with Gasteiger partial charge >= 0.3 is 0 Å². The average Bonchev–Trinajstić information content (AvgIpc) is 3.28. The molecule has 0 N–H and O–H groups in total. The van der Waals surface area contributed by atoms with E-state index in [1.165, 1.54) is 0 Å². The van der Waals surface area contributed by atoms with E-state index in [1.807, 2.05) is 38.1 Å². The molecule has 0 atom stereocenters. The van der Waals surface area contributed by atoms with Gasteiger partial charge in [-0.15, -0.1) is 0 Å². The van der Waals surface area contributed by atoms with Crippen LogP contribution in [-0.2, 0) is 14.3 Å². The van der Waals surface area contributed by atoms with E-state index in [4.69, 9.17) is 4.74 Å². The molecule has 174 valence electrons. The number of fused-ring (bicyclic) bond motifs is 1. The van der Waals surface area contributed by atoms with Crippen LogP contribution in [0, 0.1) is 13.8 Å². The van der Waals surface area contributed by atoms with Crippen molar-refractivity contribution in [2.24, 2.45) is 0 Å². The Morgan fingerprint density at radius 3 is 2.59 bits per heavy atom. The Labute approximate surface area is 202 Å². The van der Waals surface area contributed by atoms with Crippen LogP contribution >= 0.6 is 11.8 Å². The van der Waals surface area contributed by atoms with Crippen LogP contribution in [0.2, 0.25) is 0 Å². The third-order valence-electron chi connectivity index (χ3n) is 6.30. The molecule has 2 fully saturated rings. The van der Waals surface area contributed by atoms with Gasteiger partial charge in [0.1, 0.15) is 6.54 Å². The number of nitrogens with zero attached hydrogens (tertiary/aromatic N) is 3. The van der Waals surface area contributed by atoms with Gasteiger partial charge in [-0.25, -0.2) is 0 Å². The summed E-state index contributed by atoms with van der Waals surface area (Å²) in [6, 6.07) is 16.4. The van der Waals surface area contributed by atoms with Gasteiger partial charge in [-0.2, -0.15) is 0 Å². The van der Waals surface area contributed by atoms with Crippen molar-refractivity contribution in [2.45, 2.75) is 13.8 Å². The minimum absolute atomic E-state index is 0.235. The molecule has 2 aromatic carbocycles. The Morgan fingerprint density at radius 2 is 1.79 bits per heavy atom. The molecule has 3 aromatic rings. The van der Waals surface area contributed by atoms with Gasteiger partial charge in [0.15, 0.2) is 0 Å². The minimum Gasteiger partial charge on any atom is -0.378 e. The fraction of sp³-hybridized carbons (Fsp3) is 0.269. The van der Waals surface area contributed by atoms with E-state index in [0.717, 1.165) is 50.1 Å². The zero-order valence-corrected chi connectivity index (χ0v) is 19.9. The smallest absolute Gasteiger partial charge is 0.294 e. The van der Waals surface area contributed by atoms with E-state index >= 15 is 0 Å². The van der Waals surface area contributed by atoms with Crippen LogP contribution in [-0.4, -0.2) is 64.3 Å². The number of amides is 3. The second-order valence-corrected chi connectivity index (χ2v) is 9.41. The number of thioether (sulfide) groups is 1. The highest BCUT2D eigenvalue weighted by Crippen LogP contribution is 2.34. The third-order valence-corrected chi connectivity index (χ3v) is 7.20. The number of imide groups is 1. The molecule has 0 bridgehead atoms. The Balaban J connectivity index is 1.42. The van der Waals surface area contributed by atoms with E-state index in [2.05, 4.69) is 28.8 Å². The largest absolute Gasteiger partial charge is 0.378 e. The molecule has 3 amide bonds. The standard InChI is InChI=1S/C26H25N3O4S/c1-17-14-20(18(2)29(17)22-9-5-7-19-6-3-4-8-21(19)22)15-23-25(31)28(26(32)34-23)16-24(30)27-10-12-33-13-11-27/h3-9,14-15H,10-13,16H2,1-2H3/b23-15+. The summed E-state index contributed by atoms with van der Waals surface area (Å²) >= 11 is 0.881. The van der Waals surface area contributed by atoms with Crippen LogP contribution in [0.25, 0.3) is 22.5 Å². The van der Waals surface area contributed by atoms with Crippen molar-refractivity contribution in [1.29, 1.82) is 0 Å². The SMILES string of the molecule is Cc1cc(/C=C2/SC(=O)N(CC(=O)N3CCOCC3)C2=O)c(C)n1-c1cccc2ccccc12. The lowest BCUT2D eigenvalue weighted by Crippen LogP contribution is -2.46. The van der Waals surface area contributed by atoms with E-state index < -0.39 is 11.1 Å². The Bertz CT molecular complexity index is 1330. The lowest BCUT2D eigenvalue weighted by atomic mass is 10.1. The summed E-state index contributed by atoms with van der Waals surface area (Å²) in [6.45, 7) is 5.69. The van der Waals surface area contributed by atoms with Crippen LogP contribution in [0.3, 0.4) is 0 Å². The molecule has 2 saturated heterocycles. The number of hydrogen-bond acceptors (Lipinski definition) is 5. The van der Waals surface area contributed by atoms with E-state index in [9.17, 15) is 14.4 Å². The molecule has 0 spiro atoms. The molecular weight excluding hydrogens is 450 g/mol. The first-order valence-electron chi connectivity index (χ1n) is 11.2. The van der Waals surface area contributed by atoms with Crippen molar-refractivity contribution < 1.29 is 19.1 Å². The molecule has 2 aliphatic rings. The first-order chi connectivity index (χ1) is 16.4. The number of aryl methyl sites for hydroxylation is 1. The monoisotopic (exact) mass is 475 g/mol. The van der Waals surface area contributed by atoms with Gasteiger partial charge in [0.05, 0.1) is 23.8 Å². The highest BCUT2D eigenvalue weighted by atomic mass is 32.2. The summed E-state index contributed by atoms with van der Waals surface area (Å²) in [6.07, 6.45) is 1.76. The van der Waals surface area contributed by atoms with Crippen molar-refractivity contribution in [1.82, 2.24) is 14.4 Å². The quantitative estimate of drug-likeness (QED) is 0.531. The molecule has 0 aliphatic carbocycles. The van der Waals surface area contributed by atoms with Gasteiger partial charge in [0.2, 0.25) is 5.91 Å². The first-order valence-corrected chi connectivity index (χ1v) is 12.0. The third kappa shape index (κ3) is 4.03. The molecule has 0 unspecified atom stereocenters. The number of ether oxygens (including phenoxy) is 1. The molecule has 8 heteroatoms. The predicted octanol–water partition coefficient (Wildman–Crippen LogP) is 4.14. The van der Waals surface area contributed by atoms with Crippen LogP contribution in [0.15, 0.2) is 53.4 Å². The summed E-state index contributed by atoms with van der Waals surface area (Å²) in [5, 5.41) is 1.88. The Kier molecular flexibility index (Phi) is 6.02. The number of aromatic nitrogens is 1. The number of rotatable bonds is 4. The highest BCUT2D eigenvalue weighted by Gasteiger charge is 2.37. The normalized spacial score (nSPS) is 17.9. The molecule has 3 heterocycles. The number of carbonyl (C=O) groups excluding carboxylic acids is 3. The fourth-order valence-corrected chi connectivity index (χ4v) is 5.36. The van der Waals surface area contributed by atoms with Gasteiger partial charge in [-0.3, -0.25) is 19.3 Å². The average molecular weight is 476 g/mol. The molecule has 7 nitrogen and oxygen atoms in total. The van der Waals surface area contributed by atoms with Crippen molar-refractivity contribution in [3.8, 4) is 5.69 Å². The molecule has 5 rings (SSSR count). The van der Waals surface area contributed by atoms with Crippen molar-refractivity contribution in [3.05, 3.63) is 70.4 Å². The topological polar surface area (TPSA) is 71.9 Å². The van der Waals surface area contributed by atoms with Crippen molar-refractivity contribution in [2.75, 3.05) is 32.8 Å². The van der Waals surface area contributed by atoms with Crippen molar-refractivity contribution >= 4 is 45.7 Å². The van der Waals surface area contributed by atoms with Gasteiger partial charge in [-0.1, -0.05) is 36.4 Å². The Morgan fingerprint density at radius 1 is 1.06 bits per heavy atom. The summed E-state index contributed by atoms with van der Waals surface area (Å²) in [4.78, 5) is 41.1. The molecule has 0 radical (unpaired) electrons. The fourth-order valence-electron chi connectivity index (χ4n) is 4.53. The second kappa shape index (κ2) is 9.12. The van der Waals surface area contributed by atoms with Crippen LogP contribution in [0.1, 0.15) is 17.0 Å². The maximum absolute atomic E-state index is 13.0. The maximum Gasteiger partial charge on any atom is 0.294 e. The van der Waals surface area contributed by atoms with Crippen LogP contribution in [0.5, 0.6) is 0 Å². The second-order valence-electron chi connectivity index (χ2n) is 8.42. The number of morpholine rings is 1. The minimum atomic E-state index is -0.424. The van der Waals surface area contributed by atoms with Gasteiger partial charge in [0.25, 0.3) is 11.1 Å². The molecular formula is C26H25N3O4S. The van der Waals surface area contributed by atoms with E-state index in [1.54, 1.807) is 11.0 Å². The summed E-state index contributed by atoms with van der Waals surface area (Å²) in [5.74, 6) is -0.660. The summed E-state index contributed by atoms with van der Waals surface area (Å²) in [5.41, 5.74) is 3.94. The summed E-state index contributed by atoms with van der Waals surface area (Å²) < 4.78 is 7.43. The Hall–Kier alpha value is -3.36. The lowest BCUT2D eigenvalue weighted by Gasteiger charge is -2.28. The highest BCUT2D eigenvalue weighted by molar-refractivity contribution is 8.18. The van der Waals surface area contributed by atoms with Gasteiger partial charge in [0, 0.05) is 29.9 Å². The van der Waals surface area contributed by atoms with Crippen LogP contribution in [0.4, 0.5) is 4.79 Å². The molecule has 34 heavy (non-hydrogen) atoms. The zero-order valence-electron chi connectivity index (χ0n) is 19.1. The van der Waals surface area contributed by atoms with Gasteiger partial charge < -0.3 is 14.2 Å². The molecule has 2 aliphatic heterocycles. The molecule has 0 saturated carbocycles. The number of carbonyl (C=O) groups is 3. The van der Waals surface area contributed by atoms with Crippen molar-refractivity contribution in [3.63, 3.8) is 0 Å². The predicted molar refractivity (Wildman–Crippen MR) is 133 cm³/mol. The number of benzene rings is 2. The number of hydrogen-bond donors (Lipinski definition) is 0.